The van der Waals surface area contributed by atoms with E-state index in [1.165, 1.54) is 0 Å². The van der Waals surface area contributed by atoms with E-state index in [-0.39, 0.29) is 5.91 Å². The van der Waals surface area contributed by atoms with Crippen molar-refractivity contribution in [1.82, 2.24) is 10.2 Å². The monoisotopic (exact) mass is 301 g/mol. The van der Waals surface area contributed by atoms with Gasteiger partial charge in [0.15, 0.2) is 0 Å². The van der Waals surface area contributed by atoms with E-state index in [9.17, 15) is 4.79 Å². The first-order valence-electron chi connectivity index (χ1n) is 8.19. The zero-order valence-corrected chi connectivity index (χ0v) is 14.6. The highest BCUT2D eigenvalue weighted by atomic mass is 16.5. The van der Waals surface area contributed by atoms with Crippen LogP contribution in [0, 0.1) is 0 Å². The topological polar surface area (TPSA) is 67.6 Å². The lowest BCUT2D eigenvalue weighted by atomic mass is 9.94. The predicted molar refractivity (Wildman–Crippen MR) is 88.3 cm³/mol. The van der Waals surface area contributed by atoms with Crippen molar-refractivity contribution < 1.29 is 9.53 Å². The number of ether oxygens (including phenoxy) is 1. The molecule has 0 aliphatic carbocycles. The van der Waals surface area contributed by atoms with E-state index in [0.29, 0.717) is 6.04 Å². The van der Waals surface area contributed by atoms with Crippen molar-refractivity contribution >= 4 is 5.91 Å². The van der Waals surface area contributed by atoms with Crippen LogP contribution in [-0.2, 0) is 9.53 Å². The molecular weight excluding hydrogens is 266 g/mol. The van der Waals surface area contributed by atoms with Gasteiger partial charge < -0.3 is 15.8 Å². The van der Waals surface area contributed by atoms with Gasteiger partial charge in [-0.3, -0.25) is 9.69 Å². The lowest BCUT2D eigenvalue weighted by Crippen LogP contribution is -2.53. The van der Waals surface area contributed by atoms with Gasteiger partial charge in [0.05, 0.1) is 12.1 Å². The largest absolute Gasteiger partial charge is 0.383 e. The molecule has 0 spiro atoms. The molecule has 0 saturated carbocycles. The summed E-state index contributed by atoms with van der Waals surface area (Å²) in [7, 11) is 1.74. The van der Waals surface area contributed by atoms with Gasteiger partial charge in [-0.25, -0.2) is 0 Å². The van der Waals surface area contributed by atoms with Gasteiger partial charge >= 0.3 is 0 Å². The Kier molecular flexibility index (Phi) is 10.6. The maximum absolute atomic E-state index is 11.6. The molecule has 0 fully saturated rings. The van der Waals surface area contributed by atoms with Gasteiger partial charge in [0.1, 0.15) is 0 Å². The van der Waals surface area contributed by atoms with E-state index < -0.39 is 5.54 Å². The second-order valence-corrected chi connectivity index (χ2v) is 5.97. The van der Waals surface area contributed by atoms with E-state index in [1.807, 2.05) is 13.8 Å². The number of nitrogens with two attached hydrogens (primary N) is 1. The first-order chi connectivity index (χ1) is 9.91. The van der Waals surface area contributed by atoms with E-state index in [2.05, 4.69) is 24.1 Å². The van der Waals surface area contributed by atoms with Crippen molar-refractivity contribution in [1.29, 1.82) is 0 Å². The lowest BCUT2D eigenvalue weighted by Gasteiger charge is -2.30. The summed E-state index contributed by atoms with van der Waals surface area (Å²) < 4.78 is 5.18. The highest BCUT2D eigenvalue weighted by molar-refractivity contribution is 5.84. The Morgan fingerprint density at radius 1 is 1.33 bits per heavy atom. The molecule has 2 atom stereocenters. The van der Waals surface area contributed by atoms with Crippen LogP contribution in [0.3, 0.4) is 0 Å². The second-order valence-electron chi connectivity index (χ2n) is 5.97. The molecule has 21 heavy (non-hydrogen) atoms. The number of nitrogens with zero attached hydrogens (tertiary/aromatic N) is 1. The number of carbonyl (C=O) groups is 1. The highest BCUT2D eigenvalue weighted by Gasteiger charge is 2.29. The molecule has 5 heteroatoms. The summed E-state index contributed by atoms with van der Waals surface area (Å²) in [5, 5.41) is 3.21. The molecule has 1 amide bonds. The molecule has 2 unspecified atom stereocenters. The van der Waals surface area contributed by atoms with Crippen molar-refractivity contribution in [2.75, 3.05) is 33.4 Å². The van der Waals surface area contributed by atoms with Crippen LogP contribution < -0.4 is 11.1 Å². The fourth-order valence-electron chi connectivity index (χ4n) is 2.50. The Labute approximate surface area is 130 Å². The Morgan fingerprint density at radius 3 is 2.48 bits per heavy atom. The minimum absolute atomic E-state index is 0.262. The van der Waals surface area contributed by atoms with Crippen LogP contribution in [0.1, 0.15) is 53.4 Å². The van der Waals surface area contributed by atoms with Crippen LogP contribution in [0.4, 0.5) is 0 Å². The van der Waals surface area contributed by atoms with Crippen LogP contribution in [0.25, 0.3) is 0 Å². The Bertz CT molecular complexity index is 287. The van der Waals surface area contributed by atoms with Crippen molar-refractivity contribution in [3.63, 3.8) is 0 Å². The van der Waals surface area contributed by atoms with Gasteiger partial charge in [-0.15, -0.1) is 0 Å². The average Bonchev–Trinajstić information content (AvgIpc) is 2.45. The van der Waals surface area contributed by atoms with E-state index in [1.54, 1.807) is 7.11 Å². The molecular formula is C16H35N3O2. The van der Waals surface area contributed by atoms with Crippen LogP contribution in [-0.4, -0.2) is 55.7 Å². The Hall–Kier alpha value is -0.650. The van der Waals surface area contributed by atoms with Crippen molar-refractivity contribution in [2.45, 2.75) is 65.0 Å². The van der Waals surface area contributed by atoms with Gasteiger partial charge in [0.2, 0.25) is 5.91 Å². The summed E-state index contributed by atoms with van der Waals surface area (Å²) in [6.07, 6.45) is 3.99. The number of hydrogen-bond donors (Lipinski definition) is 2. The summed E-state index contributed by atoms with van der Waals surface area (Å²) in [6, 6.07) is 0.566. The zero-order chi connectivity index (χ0) is 16.3. The molecule has 0 aromatic heterocycles. The SMILES string of the molecule is CCNC(C)(CCCCN(CCOC)C(C)CC)C(N)=O. The molecule has 0 heterocycles. The van der Waals surface area contributed by atoms with Crippen LogP contribution >= 0.6 is 0 Å². The van der Waals surface area contributed by atoms with Gasteiger partial charge in [-0.05, 0) is 52.6 Å². The van der Waals surface area contributed by atoms with Gasteiger partial charge in [0.25, 0.3) is 0 Å². The van der Waals surface area contributed by atoms with E-state index >= 15 is 0 Å². The maximum Gasteiger partial charge on any atom is 0.237 e. The molecule has 0 rings (SSSR count). The van der Waals surface area contributed by atoms with Crippen molar-refractivity contribution in [3.8, 4) is 0 Å². The van der Waals surface area contributed by atoms with Gasteiger partial charge in [0, 0.05) is 19.7 Å². The van der Waals surface area contributed by atoms with Gasteiger partial charge in [-0.1, -0.05) is 13.8 Å². The molecule has 126 valence electrons. The Balaban J connectivity index is 4.21. The number of primary amides is 1. The van der Waals surface area contributed by atoms with Crippen molar-refractivity contribution in [3.05, 3.63) is 0 Å². The zero-order valence-electron chi connectivity index (χ0n) is 14.6. The molecule has 0 aromatic rings. The Morgan fingerprint density at radius 2 is 2.00 bits per heavy atom. The summed E-state index contributed by atoms with van der Waals surface area (Å²) in [6.45, 7) is 11.9. The first-order valence-corrected chi connectivity index (χ1v) is 8.19. The maximum atomic E-state index is 11.6. The smallest absolute Gasteiger partial charge is 0.237 e. The summed E-state index contributed by atoms with van der Waals surface area (Å²) in [4.78, 5) is 14.0. The fraction of sp³-hybridized carbons (Fsp3) is 0.938. The quantitative estimate of drug-likeness (QED) is 0.509. The van der Waals surface area contributed by atoms with Crippen molar-refractivity contribution in [2.24, 2.45) is 5.73 Å². The summed E-state index contributed by atoms with van der Waals surface area (Å²) in [5.74, 6) is -0.262. The summed E-state index contributed by atoms with van der Waals surface area (Å²) in [5.41, 5.74) is 4.93. The number of nitrogens with one attached hydrogen (secondary N) is 1. The third kappa shape index (κ3) is 7.79. The number of rotatable bonds is 13. The second kappa shape index (κ2) is 11.0. The predicted octanol–water partition coefficient (Wildman–Crippen LogP) is 1.76. The van der Waals surface area contributed by atoms with Gasteiger partial charge in [-0.2, -0.15) is 0 Å². The highest BCUT2D eigenvalue weighted by Crippen LogP contribution is 2.14. The molecule has 0 aliphatic rings. The number of hydrogen-bond acceptors (Lipinski definition) is 4. The van der Waals surface area contributed by atoms with E-state index in [0.717, 1.165) is 51.9 Å². The molecule has 0 bridgehead atoms. The minimum atomic E-state index is -0.581. The fourth-order valence-corrected chi connectivity index (χ4v) is 2.50. The summed E-state index contributed by atoms with van der Waals surface area (Å²) >= 11 is 0. The third-order valence-corrected chi connectivity index (χ3v) is 4.28. The molecule has 0 radical (unpaired) electrons. The molecule has 0 saturated heterocycles. The number of likely N-dealkylation sites (N-methyl/N-ethyl adjacent to an activating group) is 1. The number of carbonyl (C=O) groups excluding carboxylic acids is 1. The normalized spacial score (nSPS) is 15.9. The van der Waals surface area contributed by atoms with Crippen LogP contribution in [0.2, 0.25) is 0 Å². The first kappa shape index (κ1) is 20.3. The number of methoxy groups -OCH3 is 1. The van der Waals surface area contributed by atoms with E-state index in [4.69, 9.17) is 10.5 Å². The molecule has 0 aliphatic heterocycles. The standard InChI is InChI=1S/C16H35N3O2/c1-6-14(3)19(12-13-21-5)11-9-8-10-16(4,15(17)20)18-7-2/h14,18H,6-13H2,1-5H3,(H2,17,20). The minimum Gasteiger partial charge on any atom is -0.383 e. The molecule has 3 N–H and O–H groups in total. The number of amides is 1. The van der Waals surface area contributed by atoms with Crippen LogP contribution in [0.5, 0.6) is 0 Å². The molecule has 0 aromatic carbocycles. The number of unbranched alkanes of at least 4 members (excludes halogenated alkanes) is 1. The average molecular weight is 301 g/mol. The molecule has 5 nitrogen and oxygen atoms in total. The van der Waals surface area contributed by atoms with Crippen LogP contribution in [0.15, 0.2) is 0 Å². The lowest BCUT2D eigenvalue weighted by molar-refractivity contribution is -0.124. The third-order valence-electron chi connectivity index (χ3n) is 4.28.